The topological polar surface area (TPSA) is 70.3 Å². The van der Waals surface area contributed by atoms with Gasteiger partial charge in [-0.25, -0.2) is 9.97 Å². The van der Waals surface area contributed by atoms with Gasteiger partial charge in [-0.2, -0.15) is 0 Å². The number of rotatable bonds is 3. The fourth-order valence-electron chi connectivity index (χ4n) is 1.24. The van der Waals surface area contributed by atoms with Crippen LogP contribution in [0.15, 0.2) is 36.7 Å². The van der Waals surface area contributed by atoms with E-state index in [4.69, 9.17) is 10.5 Å². The lowest BCUT2D eigenvalue weighted by Crippen LogP contribution is -2.16. The quantitative estimate of drug-likeness (QED) is 0.929. The maximum absolute atomic E-state index is 11.9. The van der Waals surface area contributed by atoms with Crippen LogP contribution in [0.5, 0.6) is 17.4 Å². The van der Waals surface area contributed by atoms with Gasteiger partial charge in [0.2, 0.25) is 5.88 Å². The van der Waals surface area contributed by atoms with E-state index in [-0.39, 0.29) is 17.4 Å². The Bertz CT molecular complexity index is 558. The smallest absolute Gasteiger partial charge is 0.439 e. The van der Waals surface area contributed by atoms with Gasteiger partial charge in [-0.3, -0.25) is 0 Å². The minimum absolute atomic E-state index is 0.192. The zero-order valence-electron chi connectivity index (χ0n) is 9.39. The molecule has 2 aromatic rings. The van der Waals surface area contributed by atoms with E-state index in [9.17, 15) is 13.2 Å². The number of nitrogens with two attached hydrogens (primary N) is 1. The monoisotopic (exact) mass is 271 g/mol. The van der Waals surface area contributed by atoms with Crippen molar-refractivity contribution in [3.05, 3.63) is 36.7 Å². The van der Waals surface area contributed by atoms with Crippen LogP contribution in [0.2, 0.25) is 0 Å². The van der Waals surface area contributed by atoms with E-state index >= 15 is 0 Å². The lowest BCUT2D eigenvalue weighted by molar-refractivity contribution is -0.274. The van der Waals surface area contributed by atoms with Crippen molar-refractivity contribution in [2.75, 3.05) is 5.73 Å². The molecule has 5 nitrogen and oxygen atoms in total. The van der Waals surface area contributed by atoms with Crippen LogP contribution >= 0.6 is 0 Å². The Kier molecular flexibility index (Phi) is 3.41. The van der Waals surface area contributed by atoms with Crippen LogP contribution in [0, 0.1) is 0 Å². The Morgan fingerprint density at radius 1 is 1.00 bits per heavy atom. The van der Waals surface area contributed by atoms with Crippen molar-refractivity contribution in [3.63, 3.8) is 0 Å². The van der Waals surface area contributed by atoms with Gasteiger partial charge in [-0.1, -0.05) is 0 Å². The molecule has 100 valence electrons. The zero-order valence-corrected chi connectivity index (χ0v) is 9.39. The van der Waals surface area contributed by atoms with Crippen LogP contribution in [0.4, 0.5) is 19.0 Å². The first-order valence-electron chi connectivity index (χ1n) is 5.03. The second kappa shape index (κ2) is 5.01. The first-order valence-corrected chi connectivity index (χ1v) is 5.03. The minimum atomic E-state index is -4.72. The molecule has 1 heterocycles. The number of alkyl halides is 3. The molecule has 2 N–H and O–H groups in total. The predicted octanol–water partition coefficient (Wildman–Crippen LogP) is 2.75. The SMILES string of the molecule is Nc1cc(Oc2ccc(OC(F)(F)F)cc2)ncn1. The van der Waals surface area contributed by atoms with Crippen LogP contribution in [0.25, 0.3) is 0 Å². The summed E-state index contributed by atoms with van der Waals surface area (Å²) in [6, 6.07) is 6.29. The third-order valence-electron chi connectivity index (χ3n) is 1.94. The molecule has 0 saturated heterocycles. The van der Waals surface area contributed by atoms with Gasteiger partial charge in [0.15, 0.2) is 0 Å². The first kappa shape index (κ1) is 12.9. The van der Waals surface area contributed by atoms with Crippen LogP contribution in [-0.2, 0) is 0 Å². The summed E-state index contributed by atoms with van der Waals surface area (Å²) in [5.41, 5.74) is 5.43. The van der Waals surface area contributed by atoms with Crippen molar-refractivity contribution in [3.8, 4) is 17.4 Å². The Hall–Kier alpha value is -2.51. The van der Waals surface area contributed by atoms with Gasteiger partial charge in [0.25, 0.3) is 0 Å². The zero-order chi connectivity index (χ0) is 13.9. The summed E-state index contributed by atoms with van der Waals surface area (Å²) in [5, 5.41) is 0. The first-order chi connectivity index (χ1) is 8.92. The number of benzene rings is 1. The predicted molar refractivity (Wildman–Crippen MR) is 59.6 cm³/mol. The van der Waals surface area contributed by atoms with Crippen molar-refractivity contribution >= 4 is 5.82 Å². The second-order valence-electron chi connectivity index (χ2n) is 3.40. The number of nitrogens with zero attached hydrogens (tertiary/aromatic N) is 2. The van der Waals surface area contributed by atoms with Crippen LogP contribution < -0.4 is 15.2 Å². The maximum atomic E-state index is 11.9. The van der Waals surface area contributed by atoms with Gasteiger partial charge in [-0.05, 0) is 24.3 Å². The molecule has 2 rings (SSSR count). The highest BCUT2D eigenvalue weighted by atomic mass is 19.4. The average Bonchev–Trinajstić information content (AvgIpc) is 2.30. The van der Waals surface area contributed by atoms with Crippen molar-refractivity contribution < 1.29 is 22.6 Å². The van der Waals surface area contributed by atoms with E-state index in [0.717, 1.165) is 12.1 Å². The average molecular weight is 271 g/mol. The summed E-state index contributed by atoms with van der Waals surface area (Å²) in [6.45, 7) is 0. The number of halogens is 3. The normalized spacial score (nSPS) is 11.1. The number of ether oxygens (including phenoxy) is 2. The van der Waals surface area contributed by atoms with Crippen molar-refractivity contribution in [1.29, 1.82) is 0 Å². The standard InChI is InChI=1S/C11H8F3N3O2/c12-11(13,14)19-8-3-1-7(2-4-8)18-10-5-9(15)16-6-17-10/h1-6H,(H2,15,16,17). The lowest BCUT2D eigenvalue weighted by Gasteiger charge is -2.09. The van der Waals surface area contributed by atoms with Gasteiger partial charge in [0, 0.05) is 6.07 Å². The molecule has 0 unspecified atom stereocenters. The van der Waals surface area contributed by atoms with E-state index in [1.54, 1.807) is 0 Å². The molecule has 0 spiro atoms. The molecule has 0 aliphatic heterocycles. The van der Waals surface area contributed by atoms with Gasteiger partial charge in [-0.15, -0.1) is 13.2 Å². The van der Waals surface area contributed by atoms with Gasteiger partial charge >= 0.3 is 6.36 Å². The molecule has 19 heavy (non-hydrogen) atoms. The largest absolute Gasteiger partial charge is 0.573 e. The van der Waals surface area contributed by atoms with Crippen molar-refractivity contribution in [2.24, 2.45) is 0 Å². The molecule has 0 aliphatic carbocycles. The Morgan fingerprint density at radius 2 is 1.63 bits per heavy atom. The molecule has 0 saturated carbocycles. The van der Waals surface area contributed by atoms with Crippen LogP contribution in [-0.4, -0.2) is 16.3 Å². The summed E-state index contributed by atoms with van der Waals surface area (Å²) < 4.78 is 44.8. The molecule has 8 heteroatoms. The molecule has 0 amide bonds. The van der Waals surface area contributed by atoms with E-state index in [0.29, 0.717) is 5.75 Å². The molecule has 1 aromatic carbocycles. The summed E-state index contributed by atoms with van der Waals surface area (Å²) in [5.74, 6) is 0.383. The van der Waals surface area contributed by atoms with Gasteiger partial charge in [0.1, 0.15) is 23.6 Å². The Labute approximate surface area is 105 Å². The number of hydrogen-bond acceptors (Lipinski definition) is 5. The number of nitrogen functional groups attached to an aromatic ring is 1. The van der Waals surface area contributed by atoms with Crippen LogP contribution in [0.3, 0.4) is 0 Å². The molecule has 1 aromatic heterocycles. The highest BCUT2D eigenvalue weighted by Gasteiger charge is 2.30. The molecule has 0 radical (unpaired) electrons. The summed E-state index contributed by atoms with van der Waals surface area (Å²) in [6.07, 6.45) is -3.50. The van der Waals surface area contributed by atoms with E-state index in [2.05, 4.69) is 14.7 Å². The lowest BCUT2D eigenvalue weighted by atomic mass is 10.3. The molecular formula is C11H8F3N3O2. The van der Waals surface area contributed by atoms with Gasteiger partial charge in [0.05, 0.1) is 0 Å². The second-order valence-corrected chi connectivity index (χ2v) is 3.40. The number of anilines is 1. The number of hydrogen-bond donors (Lipinski definition) is 1. The summed E-state index contributed by atoms with van der Waals surface area (Å²) in [7, 11) is 0. The molecular weight excluding hydrogens is 263 g/mol. The third-order valence-corrected chi connectivity index (χ3v) is 1.94. The van der Waals surface area contributed by atoms with Crippen molar-refractivity contribution in [1.82, 2.24) is 9.97 Å². The minimum Gasteiger partial charge on any atom is -0.439 e. The van der Waals surface area contributed by atoms with Crippen molar-refractivity contribution in [2.45, 2.75) is 6.36 Å². The van der Waals surface area contributed by atoms with E-state index in [1.807, 2.05) is 0 Å². The Morgan fingerprint density at radius 3 is 2.21 bits per heavy atom. The van der Waals surface area contributed by atoms with Gasteiger partial charge < -0.3 is 15.2 Å². The molecule has 0 fully saturated rings. The highest BCUT2D eigenvalue weighted by Crippen LogP contribution is 2.26. The molecule has 0 bridgehead atoms. The molecule has 0 aliphatic rings. The Balaban J connectivity index is 2.07. The van der Waals surface area contributed by atoms with E-state index in [1.165, 1.54) is 24.5 Å². The summed E-state index contributed by atoms with van der Waals surface area (Å²) >= 11 is 0. The van der Waals surface area contributed by atoms with E-state index < -0.39 is 6.36 Å². The number of aromatic nitrogens is 2. The summed E-state index contributed by atoms with van der Waals surface area (Å²) in [4.78, 5) is 7.47. The fourth-order valence-corrected chi connectivity index (χ4v) is 1.24. The van der Waals surface area contributed by atoms with Crippen LogP contribution in [0.1, 0.15) is 0 Å². The maximum Gasteiger partial charge on any atom is 0.573 e. The third kappa shape index (κ3) is 4.02. The fraction of sp³-hybridized carbons (Fsp3) is 0.0909. The highest BCUT2D eigenvalue weighted by molar-refractivity contribution is 5.36. The molecule has 0 atom stereocenters.